The molecule has 1 heterocycles. The lowest BCUT2D eigenvalue weighted by atomic mass is 9.94. The first-order valence-electron chi connectivity index (χ1n) is 3.04. The molecule has 0 aromatic carbocycles. The topological polar surface area (TPSA) is 29.1 Å². The standard InChI is InChI=1S/C5H10BNO/c6-5(8)4-2-1-3-7-4/h4,7H,1-3,6H2/t4-/m0/s1. The molecule has 8 heavy (non-hydrogen) atoms. The Hall–Kier alpha value is -0.305. The van der Waals surface area contributed by atoms with E-state index in [0.29, 0.717) is 0 Å². The highest BCUT2D eigenvalue weighted by Gasteiger charge is 2.16. The van der Waals surface area contributed by atoms with Gasteiger partial charge < -0.3 is 10.1 Å². The molecule has 1 saturated heterocycles. The van der Waals surface area contributed by atoms with Gasteiger partial charge in [0.15, 0.2) is 7.85 Å². The van der Waals surface area contributed by atoms with Crippen molar-refractivity contribution in [2.75, 3.05) is 6.54 Å². The normalized spacial score (nSPS) is 28.2. The zero-order valence-electron chi connectivity index (χ0n) is 5.11. The summed E-state index contributed by atoms with van der Waals surface area (Å²) < 4.78 is 0. The maximum Gasteiger partial charge on any atom is 0.189 e. The highest BCUT2D eigenvalue weighted by Crippen LogP contribution is 2.03. The first kappa shape index (κ1) is 5.82. The van der Waals surface area contributed by atoms with Crippen molar-refractivity contribution in [2.45, 2.75) is 18.9 Å². The number of nitrogens with one attached hydrogen (secondary N) is 1. The summed E-state index contributed by atoms with van der Waals surface area (Å²) in [5, 5.41) is 3.11. The van der Waals surface area contributed by atoms with Crippen LogP contribution in [0.3, 0.4) is 0 Å². The molecule has 0 saturated carbocycles. The average molecular weight is 111 g/mol. The molecule has 0 unspecified atom stereocenters. The average Bonchev–Trinajstić information content (AvgIpc) is 2.12. The van der Waals surface area contributed by atoms with Gasteiger partial charge in [-0.3, -0.25) is 0 Å². The first-order valence-corrected chi connectivity index (χ1v) is 3.04. The third kappa shape index (κ3) is 1.10. The van der Waals surface area contributed by atoms with Crippen molar-refractivity contribution in [3.63, 3.8) is 0 Å². The highest BCUT2D eigenvalue weighted by molar-refractivity contribution is 6.59. The van der Waals surface area contributed by atoms with E-state index in [9.17, 15) is 4.79 Å². The van der Waals surface area contributed by atoms with Crippen LogP contribution in [0.15, 0.2) is 0 Å². The lowest BCUT2D eigenvalue weighted by Crippen LogP contribution is -2.30. The Kier molecular flexibility index (Phi) is 1.68. The largest absolute Gasteiger partial charge is 0.310 e. The maximum atomic E-state index is 10.6. The third-order valence-electron chi connectivity index (χ3n) is 1.55. The van der Waals surface area contributed by atoms with Gasteiger partial charge in [-0.2, -0.15) is 0 Å². The van der Waals surface area contributed by atoms with E-state index in [1.54, 1.807) is 7.85 Å². The van der Waals surface area contributed by atoms with Crippen LogP contribution in [0.1, 0.15) is 12.8 Å². The van der Waals surface area contributed by atoms with Gasteiger partial charge in [0.25, 0.3) is 0 Å². The predicted molar refractivity (Wildman–Crippen MR) is 34.6 cm³/mol. The number of hydrogen-bond donors (Lipinski definition) is 1. The molecule has 0 bridgehead atoms. The number of carbonyl (C=O) groups excluding carboxylic acids is 1. The van der Waals surface area contributed by atoms with Crippen LogP contribution in [0.4, 0.5) is 0 Å². The molecule has 3 heteroatoms. The minimum atomic E-state index is 0.176. The molecular formula is C5H10BNO. The molecule has 1 N–H and O–H groups in total. The van der Waals surface area contributed by atoms with Gasteiger partial charge >= 0.3 is 0 Å². The van der Waals surface area contributed by atoms with Gasteiger partial charge in [0.1, 0.15) is 0 Å². The summed E-state index contributed by atoms with van der Waals surface area (Å²) in [6, 6.07) is 0.176. The van der Waals surface area contributed by atoms with Gasteiger partial charge in [0.05, 0.1) is 11.7 Å². The predicted octanol–water partition coefficient (Wildman–Crippen LogP) is -1.10. The van der Waals surface area contributed by atoms with Crippen LogP contribution in [0.5, 0.6) is 0 Å². The molecule has 1 aliphatic rings. The van der Waals surface area contributed by atoms with E-state index >= 15 is 0 Å². The second-order valence-corrected chi connectivity index (χ2v) is 2.26. The van der Waals surface area contributed by atoms with Crippen molar-refractivity contribution in [1.82, 2.24) is 5.32 Å². The molecule has 0 aliphatic carbocycles. The number of hydrogen-bond acceptors (Lipinski definition) is 2. The molecule has 0 aromatic rings. The minimum Gasteiger partial charge on any atom is -0.310 e. The molecule has 0 spiro atoms. The molecule has 0 radical (unpaired) electrons. The van der Waals surface area contributed by atoms with Crippen molar-refractivity contribution in [1.29, 1.82) is 0 Å². The van der Waals surface area contributed by atoms with Crippen molar-refractivity contribution >= 4 is 13.5 Å². The third-order valence-corrected chi connectivity index (χ3v) is 1.55. The molecule has 0 amide bonds. The van der Waals surface area contributed by atoms with Gasteiger partial charge in [-0.25, -0.2) is 0 Å². The first-order chi connectivity index (χ1) is 3.80. The van der Waals surface area contributed by atoms with E-state index in [4.69, 9.17) is 0 Å². The second kappa shape index (κ2) is 2.31. The summed E-state index contributed by atoms with van der Waals surface area (Å²) >= 11 is 0. The Morgan fingerprint density at radius 1 is 1.75 bits per heavy atom. The zero-order chi connectivity index (χ0) is 5.98. The monoisotopic (exact) mass is 111 g/mol. The van der Waals surface area contributed by atoms with E-state index in [0.717, 1.165) is 19.4 Å². The Bertz CT molecular complexity index is 98.6. The van der Waals surface area contributed by atoms with Crippen LogP contribution < -0.4 is 5.32 Å². The number of carbonyl (C=O) groups is 1. The molecule has 1 rings (SSSR count). The summed E-state index contributed by atoms with van der Waals surface area (Å²) in [6.07, 6.45) is 2.19. The van der Waals surface area contributed by atoms with Gasteiger partial charge in [-0.05, 0) is 19.4 Å². The summed E-state index contributed by atoms with van der Waals surface area (Å²) in [5.41, 5.74) is 0.280. The fourth-order valence-corrected chi connectivity index (χ4v) is 1.03. The van der Waals surface area contributed by atoms with E-state index < -0.39 is 0 Å². The second-order valence-electron chi connectivity index (χ2n) is 2.26. The molecule has 2 nitrogen and oxygen atoms in total. The van der Waals surface area contributed by atoms with Gasteiger partial charge in [-0.15, -0.1) is 0 Å². The smallest absolute Gasteiger partial charge is 0.189 e. The molecule has 1 aliphatic heterocycles. The van der Waals surface area contributed by atoms with Crippen molar-refractivity contribution < 1.29 is 4.79 Å². The SMILES string of the molecule is BC(=O)[C@@H]1CCCN1. The van der Waals surface area contributed by atoms with E-state index in [2.05, 4.69) is 5.32 Å². The van der Waals surface area contributed by atoms with Crippen LogP contribution in [-0.4, -0.2) is 26.1 Å². The summed E-state index contributed by atoms with van der Waals surface area (Å²) in [7, 11) is 1.64. The zero-order valence-corrected chi connectivity index (χ0v) is 5.11. The van der Waals surface area contributed by atoms with Crippen LogP contribution in [0, 0.1) is 0 Å². The van der Waals surface area contributed by atoms with Crippen LogP contribution in [0.2, 0.25) is 0 Å². The van der Waals surface area contributed by atoms with Crippen molar-refractivity contribution in [3.8, 4) is 0 Å². The summed E-state index contributed by atoms with van der Waals surface area (Å²) in [6.45, 7) is 1.02. The van der Waals surface area contributed by atoms with Crippen LogP contribution in [0.25, 0.3) is 0 Å². The van der Waals surface area contributed by atoms with Crippen molar-refractivity contribution in [2.24, 2.45) is 0 Å². The van der Waals surface area contributed by atoms with Crippen LogP contribution >= 0.6 is 0 Å². The van der Waals surface area contributed by atoms with E-state index in [-0.39, 0.29) is 11.7 Å². The van der Waals surface area contributed by atoms with Crippen molar-refractivity contribution in [3.05, 3.63) is 0 Å². The maximum absolute atomic E-state index is 10.6. The fourth-order valence-electron chi connectivity index (χ4n) is 1.03. The molecule has 0 aromatic heterocycles. The molecule has 44 valence electrons. The summed E-state index contributed by atoms with van der Waals surface area (Å²) in [5.74, 6) is 0. The molecule has 1 atom stereocenters. The van der Waals surface area contributed by atoms with E-state index in [1.807, 2.05) is 0 Å². The molecular weight excluding hydrogens is 101 g/mol. The van der Waals surface area contributed by atoms with Gasteiger partial charge in [0, 0.05) is 0 Å². The fraction of sp³-hybridized carbons (Fsp3) is 0.800. The highest BCUT2D eigenvalue weighted by atomic mass is 16.1. The van der Waals surface area contributed by atoms with Gasteiger partial charge in [-0.1, -0.05) is 0 Å². The Morgan fingerprint density at radius 3 is 2.75 bits per heavy atom. The molecule has 1 fully saturated rings. The van der Waals surface area contributed by atoms with Gasteiger partial charge in [0.2, 0.25) is 0 Å². The lowest BCUT2D eigenvalue weighted by molar-refractivity contribution is -0.113. The Morgan fingerprint density at radius 2 is 2.50 bits per heavy atom. The van der Waals surface area contributed by atoms with Crippen LogP contribution in [-0.2, 0) is 4.79 Å². The van der Waals surface area contributed by atoms with E-state index in [1.165, 1.54) is 0 Å². The number of rotatable bonds is 1. The minimum absolute atomic E-state index is 0.176. The Labute approximate surface area is 50.1 Å². The Balaban J connectivity index is 2.35. The quantitative estimate of drug-likeness (QED) is 0.435. The lowest BCUT2D eigenvalue weighted by Gasteiger charge is -2.01. The summed E-state index contributed by atoms with van der Waals surface area (Å²) in [4.78, 5) is 10.6.